The largest absolute Gasteiger partial charge is 0.432 e. The van der Waals surface area contributed by atoms with Crippen molar-refractivity contribution in [1.82, 2.24) is 24.8 Å². The zero-order valence-electron chi connectivity index (χ0n) is 21.1. The Morgan fingerprint density at radius 3 is 2.66 bits per heavy atom. The molecule has 4 aromatic heterocycles. The predicted molar refractivity (Wildman–Crippen MR) is 146 cm³/mol. The van der Waals surface area contributed by atoms with E-state index in [9.17, 15) is 8.42 Å². The van der Waals surface area contributed by atoms with Gasteiger partial charge in [0.25, 0.3) is 0 Å². The van der Waals surface area contributed by atoms with Crippen LogP contribution in [0.1, 0.15) is 18.5 Å². The second-order valence-electron chi connectivity index (χ2n) is 9.98. The van der Waals surface area contributed by atoms with E-state index in [2.05, 4.69) is 32.8 Å². The van der Waals surface area contributed by atoms with E-state index in [1.54, 1.807) is 0 Å². The summed E-state index contributed by atoms with van der Waals surface area (Å²) >= 11 is 0. The highest BCUT2D eigenvalue weighted by Gasteiger charge is 2.28. The van der Waals surface area contributed by atoms with Crippen molar-refractivity contribution in [3.05, 3.63) is 48.3 Å². The fourth-order valence-electron chi connectivity index (χ4n) is 5.47. The maximum atomic E-state index is 11.9. The van der Waals surface area contributed by atoms with Crippen LogP contribution in [0.2, 0.25) is 0 Å². The average Bonchev–Trinajstić information content (AvgIpc) is 3.57. The number of rotatable bonds is 4. The second kappa shape index (κ2) is 9.04. The fraction of sp³-hybridized carbons (Fsp3) is 0.370. The molecule has 2 saturated heterocycles. The Balaban J connectivity index is 1.38. The SMILES string of the molecule is C[C@@H](c1cnc2oc3c(N4CCOCC4)nc(-c4cccc5[nH]ccc45)nc3c2c1)N1CCS(=O)(=O)CC1. The number of hydrogen-bond acceptors (Lipinski definition) is 9. The van der Waals surface area contributed by atoms with Crippen LogP contribution in [0, 0.1) is 0 Å². The van der Waals surface area contributed by atoms with E-state index >= 15 is 0 Å². The van der Waals surface area contributed by atoms with Gasteiger partial charge in [0.2, 0.25) is 5.71 Å². The molecule has 1 aromatic carbocycles. The monoisotopic (exact) mass is 532 g/mol. The molecule has 0 amide bonds. The molecule has 0 aliphatic carbocycles. The molecule has 1 N–H and O–H groups in total. The summed E-state index contributed by atoms with van der Waals surface area (Å²) < 4.78 is 35.8. The van der Waals surface area contributed by atoms with E-state index < -0.39 is 9.84 Å². The van der Waals surface area contributed by atoms with E-state index in [-0.39, 0.29) is 17.5 Å². The number of hydrogen-bond donors (Lipinski definition) is 1. The minimum atomic E-state index is -2.95. The summed E-state index contributed by atoms with van der Waals surface area (Å²) in [5.41, 5.74) is 4.83. The van der Waals surface area contributed by atoms with Crippen LogP contribution in [0.25, 0.3) is 44.5 Å². The lowest BCUT2D eigenvalue weighted by Gasteiger charge is -2.32. The maximum absolute atomic E-state index is 11.9. The van der Waals surface area contributed by atoms with Crippen LogP contribution in [-0.2, 0) is 14.6 Å². The lowest BCUT2D eigenvalue weighted by atomic mass is 10.1. The number of ether oxygens (including phenoxy) is 1. The number of nitrogens with zero attached hydrogens (tertiary/aromatic N) is 5. The van der Waals surface area contributed by atoms with Crippen molar-refractivity contribution < 1.29 is 17.6 Å². The van der Waals surface area contributed by atoms with Gasteiger partial charge in [-0.2, -0.15) is 0 Å². The fourth-order valence-corrected chi connectivity index (χ4v) is 6.70. The van der Waals surface area contributed by atoms with E-state index in [4.69, 9.17) is 19.1 Å². The van der Waals surface area contributed by atoms with Crippen molar-refractivity contribution in [3.8, 4) is 11.4 Å². The van der Waals surface area contributed by atoms with E-state index in [0.717, 1.165) is 38.8 Å². The lowest BCUT2D eigenvalue weighted by Crippen LogP contribution is -2.41. The molecule has 0 unspecified atom stereocenters. The zero-order chi connectivity index (χ0) is 25.9. The standard InChI is InChI=1S/C27H28N6O4S/c1-17(32-9-13-38(34,35)14-10-32)18-15-21-23-24(37-27(21)29-16-18)26(33-7-11-36-12-8-33)31-25(30-23)20-3-2-4-22-19(20)5-6-28-22/h2-6,15-17,28H,7-14H2,1H3/t17-/m0/s1. The number of nitrogens with one attached hydrogen (secondary N) is 1. The smallest absolute Gasteiger partial charge is 0.229 e. The number of sulfone groups is 1. The van der Waals surface area contributed by atoms with Gasteiger partial charge in [-0.3, -0.25) is 4.90 Å². The number of aromatic nitrogens is 4. The van der Waals surface area contributed by atoms with Gasteiger partial charge in [-0.05, 0) is 30.7 Å². The Morgan fingerprint density at radius 2 is 1.84 bits per heavy atom. The molecule has 0 saturated carbocycles. The molecule has 5 aromatic rings. The molecule has 0 radical (unpaired) electrons. The molecule has 10 nitrogen and oxygen atoms in total. The van der Waals surface area contributed by atoms with Gasteiger partial charge in [-0.1, -0.05) is 12.1 Å². The summed E-state index contributed by atoms with van der Waals surface area (Å²) in [4.78, 5) is 22.4. The maximum Gasteiger partial charge on any atom is 0.229 e. The molecular formula is C27H28N6O4S. The number of benzene rings is 1. The predicted octanol–water partition coefficient (Wildman–Crippen LogP) is 3.55. The van der Waals surface area contributed by atoms with Crippen LogP contribution >= 0.6 is 0 Å². The molecule has 7 rings (SSSR count). The number of aromatic amines is 1. The van der Waals surface area contributed by atoms with Crippen molar-refractivity contribution in [2.75, 3.05) is 55.8 Å². The average molecular weight is 533 g/mol. The summed E-state index contributed by atoms with van der Waals surface area (Å²) in [6.45, 7) is 5.80. The third-order valence-electron chi connectivity index (χ3n) is 7.73. The Hall–Kier alpha value is -3.54. The Bertz CT molecular complexity index is 1760. The minimum Gasteiger partial charge on any atom is -0.432 e. The quantitative estimate of drug-likeness (QED) is 0.371. The molecular weight excluding hydrogens is 504 g/mol. The van der Waals surface area contributed by atoms with Gasteiger partial charge in [0.05, 0.1) is 30.1 Å². The van der Waals surface area contributed by atoms with E-state index in [1.807, 2.05) is 36.7 Å². The molecule has 2 fully saturated rings. The topological polar surface area (TPSA) is 117 Å². The van der Waals surface area contributed by atoms with Gasteiger partial charge in [-0.15, -0.1) is 0 Å². The molecule has 0 spiro atoms. The highest BCUT2D eigenvalue weighted by Crippen LogP contribution is 2.37. The number of morpholine rings is 1. The third kappa shape index (κ3) is 4.01. The Morgan fingerprint density at radius 1 is 1.03 bits per heavy atom. The van der Waals surface area contributed by atoms with Crippen LogP contribution in [0.5, 0.6) is 0 Å². The molecule has 11 heteroatoms. The number of furan rings is 1. The highest BCUT2D eigenvalue weighted by atomic mass is 32.2. The van der Waals surface area contributed by atoms with Gasteiger partial charge >= 0.3 is 0 Å². The van der Waals surface area contributed by atoms with Crippen LogP contribution in [0.3, 0.4) is 0 Å². The van der Waals surface area contributed by atoms with Crippen molar-refractivity contribution in [3.63, 3.8) is 0 Å². The lowest BCUT2D eigenvalue weighted by molar-refractivity contribution is 0.122. The van der Waals surface area contributed by atoms with E-state index in [1.165, 1.54) is 0 Å². The van der Waals surface area contributed by atoms with Crippen LogP contribution in [0.15, 0.2) is 47.1 Å². The van der Waals surface area contributed by atoms with Crippen molar-refractivity contribution in [2.45, 2.75) is 13.0 Å². The van der Waals surface area contributed by atoms with Crippen molar-refractivity contribution in [2.24, 2.45) is 0 Å². The third-order valence-corrected chi connectivity index (χ3v) is 9.34. The highest BCUT2D eigenvalue weighted by molar-refractivity contribution is 7.91. The van der Waals surface area contributed by atoms with Gasteiger partial charge in [0.1, 0.15) is 5.52 Å². The number of anilines is 1. The van der Waals surface area contributed by atoms with Crippen LogP contribution < -0.4 is 4.90 Å². The van der Waals surface area contributed by atoms with Crippen molar-refractivity contribution >= 4 is 48.8 Å². The van der Waals surface area contributed by atoms with Gasteiger partial charge in [0, 0.05) is 61.1 Å². The number of pyridine rings is 1. The van der Waals surface area contributed by atoms with Crippen LogP contribution in [-0.4, -0.2) is 84.2 Å². The summed E-state index contributed by atoms with van der Waals surface area (Å²) in [5, 5.41) is 1.88. The summed E-state index contributed by atoms with van der Waals surface area (Å²) in [6.07, 6.45) is 3.74. The summed E-state index contributed by atoms with van der Waals surface area (Å²) in [6, 6.07) is 10.2. The summed E-state index contributed by atoms with van der Waals surface area (Å²) in [7, 11) is -2.95. The van der Waals surface area contributed by atoms with Crippen molar-refractivity contribution in [1.29, 1.82) is 0 Å². The normalized spacial score (nSPS) is 19.4. The molecule has 6 heterocycles. The molecule has 38 heavy (non-hydrogen) atoms. The van der Waals surface area contributed by atoms with E-state index in [0.29, 0.717) is 56.5 Å². The Kier molecular flexibility index (Phi) is 5.60. The van der Waals surface area contributed by atoms with Gasteiger partial charge < -0.3 is 19.0 Å². The summed E-state index contributed by atoms with van der Waals surface area (Å²) in [5.74, 6) is 1.75. The first kappa shape index (κ1) is 23.6. The molecule has 1 atom stereocenters. The van der Waals surface area contributed by atoms with Gasteiger partial charge in [0.15, 0.2) is 27.1 Å². The zero-order valence-corrected chi connectivity index (χ0v) is 21.9. The molecule has 2 aliphatic rings. The first-order valence-electron chi connectivity index (χ1n) is 12.9. The Labute approximate surface area is 219 Å². The second-order valence-corrected chi connectivity index (χ2v) is 12.3. The number of fused-ring (bicyclic) bond motifs is 4. The molecule has 0 bridgehead atoms. The first-order chi connectivity index (χ1) is 18.5. The minimum absolute atomic E-state index is 0.0148. The molecule has 196 valence electrons. The van der Waals surface area contributed by atoms with Crippen LogP contribution in [0.4, 0.5) is 5.82 Å². The number of H-pyrrole nitrogens is 1. The van der Waals surface area contributed by atoms with Gasteiger partial charge in [-0.25, -0.2) is 23.4 Å². The molecule has 2 aliphatic heterocycles. The first-order valence-corrected chi connectivity index (χ1v) is 14.7.